The largest absolute Gasteiger partial charge is 0.417 e. The quantitative estimate of drug-likeness (QED) is 0.565. The maximum Gasteiger partial charge on any atom is 0.147 e. The molecule has 2 heteroatoms. The van der Waals surface area contributed by atoms with Crippen LogP contribution in [0.25, 0.3) is 0 Å². The molecule has 0 bridgehead atoms. The van der Waals surface area contributed by atoms with Gasteiger partial charge in [-0.05, 0) is 59.8 Å². The van der Waals surface area contributed by atoms with E-state index in [1.54, 1.807) is 11.1 Å². The van der Waals surface area contributed by atoms with Crippen LogP contribution in [-0.4, -0.2) is 10.5 Å². The van der Waals surface area contributed by atoms with Gasteiger partial charge in [-0.1, -0.05) is 87.1 Å². The van der Waals surface area contributed by atoms with Gasteiger partial charge in [0.1, 0.15) is 10.5 Å². The van der Waals surface area contributed by atoms with Crippen LogP contribution in [0.2, 0.25) is 0 Å². The summed E-state index contributed by atoms with van der Waals surface area (Å²) in [7, 11) is 0.761. The Hall–Kier alpha value is -1.38. The van der Waals surface area contributed by atoms with E-state index in [0.717, 1.165) is 22.3 Å². The molecular formula is C25H34OSi. The third-order valence-corrected chi connectivity index (χ3v) is 7.32. The van der Waals surface area contributed by atoms with Crippen molar-refractivity contribution in [1.29, 1.82) is 0 Å². The second kappa shape index (κ2) is 9.21. The Morgan fingerprint density at radius 2 is 1.33 bits per heavy atom. The van der Waals surface area contributed by atoms with Crippen molar-refractivity contribution < 1.29 is 4.43 Å². The minimum Gasteiger partial charge on any atom is -0.417 e. The zero-order chi connectivity index (χ0) is 18.5. The molecule has 1 nitrogen and oxygen atoms in total. The van der Waals surface area contributed by atoms with Gasteiger partial charge in [-0.2, -0.15) is 0 Å². The lowest BCUT2D eigenvalue weighted by atomic mass is 9.73. The lowest BCUT2D eigenvalue weighted by molar-refractivity contribution is 0.269. The molecule has 0 radical (unpaired) electrons. The van der Waals surface area contributed by atoms with Crippen LogP contribution in [0.15, 0.2) is 48.5 Å². The van der Waals surface area contributed by atoms with Crippen molar-refractivity contribution in [2.75, 3.05) is 0 Å². The zero-order valence-corrected chi connectivity index (χ0v) is 18.8. The van der Waals surface area contributed by atoms with Gasteiger partial charge in [-0.25, -0.2) is 0 Å². The molecule has 0 N–H and O–H groups in total. The van der Waals surface area contributed by atoms with Crippen molar-refractivity contribution in [3.05, 3.63) is 70.8 Å². The number of hydrogen-bond donors (Lipinski definition) is 0. The standard InChI is InChI=1S/C25H34OSi/c27-26-25(21-15-8-3-9-16-21)23-18-10-17-22(19-11-4-1-5-12-19)24(23)20-13-6-2-7-14-20/h3,8-10,15-20,25H,1-2,4-7,11-14H2,27H3. The normalized spacial score (nSPS) is 20.6. The minimum atomic E-state index is 0.110. The average molecular weight is 379 g/mol. The fraction of sp³-hybridized carbons (Fsp3) is 0.520. The summed E-state index contributed by atoms with van der Waals surface area (Å²) in [5, 5.41) is 0. The fourth-order valence-corrected chi connectivity index (χ4v) is 6.06. The first-order valence-electron chi connectivity index (χ1n) is 11.1. The maximum absolute atomic E-state index is 6.24. The van der Waals surface area contributed by atoms with Gasteiger partial charge in [-0.3, -0.25) is 0 Å². The molecule has 2 aromatic carbocycles. The summed E-state index contributed by atoms with van der Waals surface area (Å²) in [6.45, 7) is 0. The Morgan fingerprint density at radius 1 is 0.704 bits per heavy atom. The van der Waals surface area contributed by atoms with Crippen LogP contribution in [0.5, 0.6) is 0 Å². The topological polar surface area (TPSA) is 9.23 Å². The lowest BCUT2D eigenvalue weighted by Crippen LogP contribution is -2.17. The summed E-state index contributed by atoms with van der Waals surface area (Å²) in [5.41, 5.74) is 6.11. The number of hydrogen-bond acceptors (Lipinski definition) is 1. The summed E-state index contributed by atoms with van der Waals surface area (Å²) in [5.74, 6) is 1.50. The molecule has 144 valence electrons. The highest BCUT2D eigenvalue weighted by Gasteiger charge is 2.28. The van der Waals surface area contributed by atoms with Crippen molar-refractivity contribution in [1.82, 2.24) is 0 Å². The smallest absolute Gasteiger partial charge is 0.147 e. The van der Waals surface area contributed by atoms with Crippen LogP contribution >= 0.6 is 0 Å². The Balaban J connectivity index is 1.79. The van der Waals surface area contributed by atoms with Gasteiger partial charge in [0, 0.05) is 0 Å². The highest BCUT2D eigenvalue weighted by molar-refractivity contribution is 5.98. The molecule has 1 unspecified atom stereocenters. The van der Waals surface area contributed by atoms with Crippen LogP contribution in [0.4, 0.5) is 0 Å². The molecule has 0 heterocycles. The van der Waals surface area contributed by atoms with Gasteiger partial charge >= 0.3 is 0 Å². The minimum absolute atomic E-state index is 0.110. The van der Waals surface area contributed by atoms with E-state index in [2.05, 4.69) is 48.5 Å². The zero-order valence-electron chi connectivity index (χ0n) is 16.8. The molecule has 4 rings (SSSR count). The molecule has 0 aromatic heterocycles. The van der Waals surface area contributed by atoms with Crippen LogP contribution in [-0.2, 0) is 4.43 Å². The van der Waals surface area contributed by atoms with Gasteiger partial charge in [0.2, 0.25) is 0 Å². The van der Waals surface area contributed by atoms with Crippen molar-refractivity contribution in [2.45, 2.75) is 82.1 Å². The Labute approximate surface area is 168 Å². The Morgan fingerprint density at radius 3 is 1.96 bits per heavy atom. The molecule has 0 spiro atoms. The molecule has 2 aliphatic carbocycles. The van der Waals surface area contributed by atoms with E-state index in [1.807, 2.05) is 0 Å². The molecule has 0 aliphatic heterocycles. The predicted octanol–water partition coefficient (Wildman–Crippen LogP) is 6.17. The Kier molecular flexibility index (Phi) is 6.46. The predicted molar refractivity (Wildman–Crippen MR) is 117 cm³/mol. The molecule has 0 amide bonds. The molecular weight excluding hydrogens is 344 g/mol. The molecule has 27 heavy (non-hydrogen) atoms. The van der Waals surface area contributed by atoms with Crippen molar-refractivity contribution >= 4 is 10.5 Å². The summed E-state index contributed by atoms with van der Waals surface area (Å²) < 4.78 is 6.24. The van der Waals surface area contributed by atoms with Crippen molar-refractivity contribution in [2.24, 2.45) is 0 Å². The second-order valence-electron chi connectivity index (χ2n) is 8.55. The van der Waals surface area contributed by atoms with E-state index in [0.29, 0.717) is 0 Å². The fourth-order valence-electron chi connectivity index (χ4n) is 5.53. The summed E-state index contributed by atoms with van der Waals surface area (Å²) in [4.78, 5) is 0. The monoisotopic (exact) mass is 378 g/mol. The third kappa shape index (κ3) is 4.22. The van der Waals surface area contributed by atoms with E-state index in [4.69, 9.17) is 4.43 Å². The van der Waals surface area contributed by atoms with Crippen LogP contribution in [0.1, 0.15) is 104 Å². The van der Waals surface area contributed by atoms with Crippen molar-refractivity contribution in [3.63, 3.8) is 0 Å². The second-order valence-corrected chi connectivity index (χ2v) is 9.02. The molecule has 2 aromatic rings. The number of benzene rings is 2. The van der Waals surface area contributed by atoms with Crippen molar-refractivity contribution in [3.8, 4) is 0 Å². The highest BCUT2D eigenvalue weighted by atomic mass is 28.2. The SMILES string of the molecule is [SiH3]OC(c1ccccc1)c1cccc(C2CCCCC2)c1C1CCCCC1. The van der Waals surface area contributed by atoms with Gasteiger partial charge in [-0.15, -0.1) is 0 Å². The molecule has 2 aliphatic rings. The first-order chi connectivity index (χ1) is 13.4. The molecule has 0 saturated heterocycles. The third-order valence-electron chi connectivity index (χ3n) is 6.85. The maximum atomic E-state index is 6.24. The van der Waals surface area contributed by atoms with E-state index < -0.39 is 0 Å². The first-order valence-corrected chi connectivity index (χ1v) is 11.9. The van der Waals surface area contributed by atoms with Crippen LogP contribution in [0, 0.1) is 0 Å². The van der Waals surface area contributed by atoms with Gasteiger partial charge in [0.05, 0.1) is 6.10 Å². The van der Waals surface area contributed by atoms with E-state index >= 15 is 0 Å². The van der Waals surface area contributed by atoms with E-state index in [9.17, 15) is 0 Å². The van der Waals surface area contributed by atoms with Gasteiger partial charge in [0.15, 0.2) is 0 Å². The highest BCUT2D eigenvalue weighted by Crippen LogP contribution is 2.45. The summed E-state index contributed by atoms with van der Waals surface area (Å²) >= 11 is 0. The molecule has 2 fully saturated rings. The Bertz CT molecular complexity index is 714. The van der Waals surface area contributed by atoms with Gasteiger partial charge in [0.25, 0.3) is 0 Å². The van der Waals surface area contributed by atoms with Crippen LogP contribution < -0.4 is 0 Å². The van der Waals surface area contributed by atoms with Crippen LogP contribution in [0.3, 0.4) is 0 Å². The average Bonchev–Trinajstić information content (AvgIpc) is 2.76. The first kappa shape index (κ1) is 19.0. The summed E-state index contributed by atoms with van der Waals surface area (Å²) in [6, 6.07) is 18.0. The molecule has 1 atom stereocenters. The lowest BCUT2D eigenvalue weighted by Gasteiger charge is -2.33. The molecule has 2 saturated carbocycles. The van der Waals surface area contributed by atoms with E-state index in [-0.39, 0.29) is 6.10 Å². The number of rotatable bonds is 5. The van der Waals surface area contributed by atoms with E-state index in [1.165, 1.54) is 75.3 Å². The summed E-state index contributed by atoms with van der Waals surface area (Å²) in [6.07, 6.45) is 14.0. The van der Waals surface area contributed by atoms with Gasteiger partial charge < -0.3 is 4.43 Å².